The summed E-state index contributed by atoms with van der Waals surface area (Å²) in [5.74, 6) is -0.117. The van der Waals surface area contributed by atoms with E-state index < -0.39 is 5.97 Å². The molecule has 114 valence electrons. The molecule has 22 heavy (non-hydrogen) atoms. The fourth-order valence-corrected chi connectivity index (χ4v) is 2.56. The van der Waals surface area contributed by atoms with E-state index in [0.29, 0.717) is 11.3 Å². The quantitative estimate of drug-likeness (QED) is 0.465. The monoisotopic (exact) mass is 316 g/mol. The number of Topliss-reactive ketones (excluding diaryl/α,β-unsaturated/α-hetero) is 1. The highest BCUT2D eigenvalue weighted by Crippen LogP contribution is 2.17. The standard InChI is InChI=1S/C17H16O4S/c1-12-9-10-22-16(12)7-8-17(19)21-11-15(18)13-3-5-14(20-2)6-4-13/h3-10H,11H2,1-2H3/b8-7+. The lowest BCUT2D eigenvalue weighted by Crippen LogP contribution is -2.12. The fraction of sp³-hybridized carbons (Fsp3) is 0.176. The van der Waals surface area contributed by atoms with Gasteiger partial charge >= 0.3 is 5.97 Å². The molecule has 0 aliphatic heterocycles. The lowest BCUT2D eigenvalue weighted by atomic mass is 10.1. The highest BCUT2D eigenvalue weighted by molar-refractivity contribution is 7.11. The van der Waals surface area contributed by atoms with Crippen LogP contribution in [0.5, 0.6) is 5.75 Å². The lowest BCUT2D eigenvalue weighted by Gasteiger charge is -2.03. The predicted octanol–water partition coefficient (Wildman–Crippen LogP) is 3.50. The summed E-state index contributed by atoms with van der Waals surface area (Å²) >= 11 is 1.54. The Kier molecular flexibility index (Phi) is 5.49. The number of hydrogen-bond acceptors (Lipinski definition) is 5. The van der Waals surface area contributed by atoms with Gasteiger partial charge in [0.1, 0.15) is 5.75 Å². The average molecular weight is 316 g/mol. The molecule has 0 aliphatic rings. The Morgan fingerprint density at radius 1 is 1.18 bits per heavy atom. The minimum absolute atomic E-state index is 0.253. The summed E-state index contributed by atoms with van der Waals surface area (Å²) in [5.41, 5.74) is 1.58. The molecule has 1 aromatic heterocycles. The summed E-state index contributed by atoms with van der Waals surface area (Å²) in [6, 6.07) is 8.63. The first-order valence-electron chi connectivity index (χ1n) is 6.66. The number of ketones is 1. The molecule has 0 radical (unpaired) electrons. The van der Waals surface area contributed by atoms with Gasteiger partial charge in [-0.3, -0.25) is 4.79 Å². The molecule has 0 N–H and O–H groups in total. The Hall–Kier alpha value is -2.40. The van der Waals surface area contributed by atoms with Gasteiger partial charge in [0.2, 0.25) is 0 Å². The fourth-order valence-electron chi connectivity index (χ4n) is 1.74. The van der Waals surface area contributed by atoms with Crippen molar-refractivity contribution < 1.29 is 19.1 Å². The minimum Gasteiger partial charge on any atom is -0.497 e. The molecule has 1 aromatic carbocycles. The van der Waals surface area contributed by atoms with Crippen LogP contribution in [0.1, 0.15) is 20.8 Å². The van der Waals surface area contributed by atoms with E-state index >= 15 is 0 Å². The number of esters is 1. The molecule has 0 amide bonds. The van der Waals surface area contributed by atoms with E-state index in [1.807, 2.05) is 18.4 Å². The van der Waals surface area contributed by atoms with Crippen molar-refractivity contribution in [2.24, 2.45) is 0 Å². The van der Waals surface area contributed by atoms with Crippen LogP contribution in [0.3, 0.4) is 0 Å². The SMILES string of the molecule is COc1ccc(C(=O)COC(=O)/C=C/c2sccc2C)cc1. The Morgan fingerprint density at radius 2 is 1.91 bits per heavy atom. The number of carbonyl (C=O) groups excluding carboxylic acids is 2. The van der Waals surface area contributed by atoms with E-state index in [2.05, 4.69) is 0 Å². The zero-order valence-corrected chi connectivity index (χ0v) is 13.2. The first kappa shape index (κ1) is 16.0. The van der Waals surface area contributed by atoms with Crippen LogP contribution in [0, 0.1) is 6.92 Å². The van der Waals surface area contributed by atoms with Crippen LogP contribution in [0.2, 0.25) is 0 Å². The third kappa shape index (κ3) is 4.30. The van der Waals surface area contributed by atoms with Crippen molar-refractivity contribution in [3.63, 3.8) is 0 Å². The molecule has 1 heterocycles. The van der Waals surface area contributed by atoms with Gasteiger partial charge in [-0.05, 0) is 54.3 Å². The van der Waals surface area contributed by atoms with Gasteiger partial charge in [0.05, 0.1) is 7.11 Å². The van der Waals surface area contributed by atoms with Crippen LogP contribution < -0.4 is 4.74 Å². The van der Waals surface area contributed by atoms with E-state index in [0.717, 1.165) is 10.4 Å². The number of rotatable bonds is 6. The minimum atomic E-state index is -0.533. The van der Waals surface area contributed by atoms with E-state index in [4.69, 9.17) is 9.47 Å². The molecule has 0 bridgehead atoms. The van der Waals surface area contributed by atoms with Gasteiger partial charge in [0.25, 0.3) is 0 Å². The lowest BCUT2D eigenvalue weighted by molar-refractivity contribution is -0.136. The van der Waals surface area contributed by atoms with Crippen molar-refractivity contribution in [1.82, 2.24) is 0 Å². The molecule has 0 saturated heterocycles. The van der Waals surface area contributed by atoms with Gasteiger partial charge in [-0.25, -0.2) is 4.79 Å². The molecule has 2 aromatic rings. The van der Waals surface area contributed by atoms with Crippen molar-refractivity contribution >= 4 is 29.2 Å². The van der Waals surface area contributed by atoms with Crippen LogP contribution in [0.4, 0.5) is 0 Å². The van der Waals surface area contributed by atoms with Crippen LogP contribution in [-0.4, -0.2) is 25.5 Å². The molecule has 4 nitrogen and oxygen atoms in total. The number of aryl methyl sites for hydroxylation is 1. The maximum absolute atomic E-state index is 11.9. The van der Waals surface area contributed by atoms with Gasteiger partial charge in [-0.2, -0.15) is 0 Å². The van der Waals surface area contributed by atoms with E-state index in [-0.39, 0.29) is 12.4 Å². The normalized spacial score (nSPS) is 10.6. The van der Waals surface area contributed by atoms with Gasteiger partial charge in [-0.1, -0.05) is 0 Å². The first-order valence-corrected chi connectivity index (χ1v) is 7.54. The second kappa shape index (κ2) is 7.56. The molecular formula is C17H16O4S. The number of thiophene rings is 1. The topological polar surface area (TPSA) is 52.6 Å². The molecule has 0 saturated carbocycles. The largest absolute Gasteiger partial charge is 0.497 e. The van der Waals surface area contributed by atoms with Crippen LogP contribution >= 0.6 is 11.3 Å². The Bertz CT molecular complexity index is 683. The summed E-state index contributed by atoms with van der Waals surface area (Å²) in [7, 11) is 1.56. The highest BCUT2D eigenvalue weighted by Gasteiger charge is 2.08. The van der Waals surface area contributed by atoms with Crippen molar-refractivity contribution in [3.05, 3.63) is 57.8 Å². The average Bonchev–Trinajstić information content (AvgIpc) is 2.95. The van der Waals surface area contributed by atoms with Crippen molar-refractivity contribution in [1.29, 1.82) is 0 Å². The van der Waals surface area contributed by atoms with Gasteiger partial charge in [0, 0.05) is 16.5 Å². The molecule has 2 rings (SSSR count). The Balaban J connectivity index is 1.86. The molecule has 0 fully saturated rings. The summed E-state index contributed by atoms with van der Waals surface area (Å²) in [5, 5.41) is 1.95. The number of methoxy groups -OCH3 is 1. The smallest absolute Gasteiger partial charge is 0.331 e. The van der Waals surface area contributed by atoms with Crippen LogP contribution in [0.15, 0.2) is 41.8 Å². The third-order valence-corrected chi connectivity index (χ3v) is 4.01. The number of hydrogen-bond donors (Lipinski definition) is 0. The molecule has 5 heteroatoms. The maximum atomic E-state index is 11.9. The van der Waals surface area contributed by atoms with Crippen LogP contribution in [0.25, 0.3) is 6.08 Å². The van der Waals surface area contributed by atoms with Crippen LogP contribution in [-0.2, 0) is 9.53 Å². The maximum Gasteiger partial charge on any atom is 0.331 e. The second-order valence-corrected chi connectivity index (χ2v) is 5.51. The zero-order chi connectivity index (χ0) is 15.9. The van der Waals surface area contributed by atoms with E-state index in [1.54, 1.807) is 48.8 Å². The number of ether oxygens (including phenoxy) is 2. The Morgan fingerprint density at radius 3 is 2.50 bits per heavy atom. The molecular weight excluding hydrogens is 300 g/mol. The Labute approximate surface area is 133 Å². The first-order chi connectivity index (χ1) is 10.6. The molecule has 0 aliphatic carbocycles. The van der Waals surface area contributed by atoms with Gasteiger partial charge < -0.3 is 9.47 Å². The highest BCUT2D eigenvalue weighted by atomic mass is 32.1. The number of carbonyl (C=O) groups is 2. The summed E-state index contributed by atoms with van der Waals surface area (Å²) in [6.45, 7) is 1.69. The van der Waals surface area contributed by atoms with Crippen molar-refractivity contribution in [2.75, 3.05) is 13.7 Å². The summed E-state index contributed by atoms with van der Waals surface area (Å²) in [4.78, 5) is 24.5. The zero-order valence-electron chi connectivity index (χ0n) is 12.4. The van der Waals surface area contributed by atoms with Gasteiger partial charge in [0.15, 0.2) is 12.4 Å². The third-order valence-electron chi connectivity index (χ3n) is 3.03. The predicted molar refractivity (Wildman–Crippen MR) is 86.4 cm³/mol. The van der Waals surface area contributed by atoms with E-state index in [1.165, 1.54) is 6.08 Å². The molecule has 0 unspecified atom stereocenters. The summed E-state index contributed by atoms with van der Waals surface area (Å²) in [6.07, 6.45) is 3.03. The molecule has 0 spiro atoms. The molecule has 0 atom stereocenters. The van der Waals surface area contributed by atoms with E-state index in [9.17, 15) is 9.59 Å². The van der Waals surface area contributed by atoms with Gasteiger partial charge in [-0.15, -0.1) is 11.3 Å². The summed E-state index contributed by atoms with van der Waals surface area (Å²) < 4.78 is 9.97. The van der Waals surface area contributed by atoms with Crippen molar-refractivity contribution in [3.8, 4) is 5.75 Å². The van der Waals surface area contributed by atoms with Crippen molar-refractivity contribution in [2.45, 2.75) is 6.92 Å². The number of benzene rings is 1. The second-order valence-electron chi connectivity index (χ2n) is 4.56.